The fourth-order valence-electron chi connectivity index (χ4n) is 3.08. The van der Waals surface area contributed by atoms with E-state index < -0.39 is 0 Å². The van der Waals surface area contributed by atoms with E-state index in [1.165, 1.54) is 19.3 Å². The lowest BCUT2D eigenvalue weighted by Gasteiger charge is -2.34. The van der Waals surface area contributed by atoms with Crippen molar-refractivity contribution < 1.29 is 9.84 Å². The van der Waals surface area contributed by atoms with Crippen LogP contribution in [0.25, 0.3) is 0 Å². The van der Waals surface area contributed by atoms with E-state index >= 15 is 0 Å². The molecule has 1 N–H and O–H groups in total. The van der Waals surface area contributed by atoms with Crippen LogP contribution in [-0.2, 0) is 4.74 Å². The summed E-state index contributed by atoms with van der Waals surface area (Å²) in [5.41, 5.74) is 0. The lowest BCUT2D eigenvalue weighted by atomic mass is 9.74. The van der Waals surface area contributed by atoms with Gasteiger partial charge < -0.3 is 9.84 Å². The molecule has 0 bridgehead atoms. The molecule has 1 fully saturated rings. The predicted octanol–water partition coefficient (Wildman–Crippen LogP) is 3.23. The maximum atomic E-state index is 10.2. The second kappa shape index (κ2) is 6.61. The highest BCUT2D eigenvalue weighted by molar-refractivity contribution is 4.80. The molecule has 1 aliphatic rings. The Kier molecular flexibility index (Phi) is 5.77. The molecule has 1 rings (SSSR count). The van der Waals surface area contributed by atoms with Crippen LogP contribution < -0.4 is 0 Å². The van der Waals surface area contributed by atoms with E-state index in [4.69, 9.17) is 4.74 Å². The lowest BCUT2D eigenvalue weighted by Crippen LogP contribution is -2.30. The lowest BCUT2D eigenvalue weighted by molar-refractivity contribution is 0.0313. The highest BCUT2D eigenvalue weighted by atomic mass is 16.5. The molecule has 0 amide bonds. The van der Waals surface area contributed by atoms with Crippen molar-refractivity contribution in [2.45, 2.75) is 65.1 Å². The normalized spacial score (nSPS) is 34.7. The molecule has 16 heavy (non-hydrogen) atoms. The van der Waals surface area contributed by atoms with Crippen molar-refractivity contribution in [3.05, 3.63) is 0 Å². The smallest absolute Gasteiger partial charge is 0.0569 e. The Morgan fingerprint density at radius 3 is 2.19 bits per heavy atom. The molecule has 1 aliphatic carbocycles. The zero-order valence-corrected chi connectivity index (χ0v) is 11.3. The molecule has 4 unspecified atom stereocenters. The van der Waals surface area contributed by atoms with E-state index in [0.717, 1.165) is 24.7 Å². The fraction of sp³-hybridized carbons (Fsp3) is 1.00. The van der Waals surface area contributed by atoms with Crippen LogP contribution >= 0.6 is 0 Å². The third kappa shape index (κ3) is 4.42. The minimum atomic E-state index is -0.122. The molecule has 0 aromatic rings. The summed E-state index contributed by atoms with van der Waals surface area (Å²) in [6, 6.07) is 0. The molecule has 0 aromatic heterocycles. The molecule has 2 nitrogen and oxygen atoms in total. The van der Waals surface area contributed by atoms with E-state index in [-0.39, 0.29) is 12.2 Å². The van der Waals surface area contributed by atoms with Crippen molar-refractivity contribution >= 4 is 0 Å². The molecule has 96 valence electrons. The van der Waals surface area contributed by atoms with Gasteiger partial charge in [0.2, 0.25) is 0 Å². The van der Waals surface area contributed by atoms with Crippen LogP contribution in [0.15, 0.2) is 0 Å². The van der Waals surface area contributed by atoms with Gasteiger partial charge in [0.25, 0.3) is 0 Å². The molecular weight excluding hydrogens is 200 g/mol. The van der Waals surface area contributed by atoms with Crippen molar-refractivity contribution in [1.82, 2.24) is 0 Å². The highest BCUT2D eigenvalue weighted by Crippen LogP contribution is 2.35. The molecule has 0 spiro atoms. The SMILES string of the molecule is COC(C)CCC(O)C1CC(C)CC(C)C1. The van der Waals surface area contributed by atoms with Gasteiger partial charge in [-0.15, -0.1) is 0 Å². The van der Waals surface area contributed by atoms with Crippen molar-refractivity contribution in [3.63, 3.8) is 0 Å². The molecule has 0 radical (unpaired) electrons. The maximum Gasteiger partial charge on any atom is 0.0569 e. The van der Waals surface area contributed by atoms with Crippen LogP contribution in [0.4, 0.5) is 0 Å². The largest absolute Gasteiger partial charge is 0.393 e. The molecule has 0 heterocycles. The van der Waals surface area contributed by atoms with Crippen molar-refractivity contribution in [3.8, 4) is 0 Å². The van der Waals surface area contributed by atoms with Gasteiger partial charge in [0, 0.05) is 7.11 Å². The van der Waals surface area contributed by atoms with Crippen LogP contribution in [0.3, 0.4) is 0 Å². The number of hydrogen-bond donors (Lipinski definition) is 1. The molecule has 2 heteroatoms. The summed E-state index contributed by atoms with van der Waals surface area (Å²) in [6.07, 6.45) is 5.74. The van der Waals surface area contributed by atoms with Gasteiger partial charge in [-0.2, -0.15) is 0 Å². The third-order valence-electron chi connectivity index (χ3n) is 4.03. The van der Waals surface area contributed by atoms with Gasteiger partial charge in [-0.1, -0.05) is 13.8 Å². The monoisotopic (exact) mass is 228 g/mol. The summed E-state index contributed by atoms with van der Waals surface area (Å²) in [6.45, 7) is 6.69. The van der Waals surface area contributed by atoms with Crippen molar-refractivity contribution in [2.24, 2.45) is 17.8 Å². The third-order valence-corrected chi connectivity index (χ3v) is 4.03. The number of ether oxygens (including phenoxy) is 1. The van der Waals surface area contributed by atoms with Gasteiger partial charge in [0.15, 0.2) is 0 Å². The molecule has 0 saturated heterocycles. The van der Waals surface area contributed by atoms with Crippen LogP contribution in [0.2, 0.25) is 0 Å². The Morgan fingerprint density at radius 2 is 1.69 bits per heavy atom. The van der Waals surface area contributed by atoms with E-state index in [2.05, 4.69) is 20.8 Å². The average Bonchev–Trinajstić information content (AvgIpc) is 2.23. The van der Waals surface area contributed by atoms with Crippen LogP contribution in [0.1, 0.15) is 52.9 Å². The summed E-state index contributed by atoms with van der Waals surface area (Å²) in [5, 5.41) is 10.2. The number of aliphatic hydroxyl groups is 1. The van der Waals surface area contributed by atoms with E-state index in [1.54, 1.807) is 7.11 Å². The summed E-state index contributed by atoms with van der Waals surface area (Å²) in [4.78, 5) is 0. The summed E-state index contributed by atoms with van der Waals surface area (Å²) in [5.74, 6) is 2.08. The molecule has 1 saturated carbocycles. The Balaban J connectivity index is 2.32. The zero-order valence-electron chi connectivity index (χ0n) is 11.3. The first-order valence-corrected chi connectivity index (χ1v) is 6.73. The average molecular weight is 228 g/mol. The highest BCUT2D eigenvalue weighted by Gasteiger charge is 2.28. The Bertz CT molecular complexity index is 183. The summed E-state index contributed by atoms with van der Waals surface area (Å²) >= 11 is 0. The van der Waals surface area contributed by atoms with Gasteiger partial charge in [0.1, 0.15) is 0 Å². The molecule has 0 aliphatic heterocycles. The minimum Gasteiger partial charge on any atom is -0.393 e. The number of hydrogen-bond acceptors (Lipinski definition) is 2. The Hall–Kier alpha value is -0.0800. The first-order chi connectivity index (χ1) is 7.52. The summed E-state index contributed by atoms with van der Waals surface area (Å²) in [7, 11) is 1.74. The number of aliphatic hydroxyl groups excluding tert-OH is 1. The topological polar surface area (TPSA) is 29.5 Å². The second-order valence-electron chi connectivity index (χ2n) is 5.87. The van der Waals surface area contributed by atoms with Gasteiger partial charge in [0.05, 0.1) is 12.2 Å². The number of methoxy groups -OCH3 is 1. The first kappa shape index (κ1) is 14.0. The molecular formula is C14H28O2. The quantitative estimate of drug-likeness (QED) is 0.783. The van der Waals surface area contributed by atoms with Crippen LogP contribution in [0.5, 0.6) is 0 Å². The number of rotatable bonds is 5. The van der Waals surface area contributed by atoms with E-state index in [0.29, 0.717) is 5.92 Å². The molecule has 4 atom stereocenters. The van der Waals surface area contributed by atoms with Gasteiger partial charge in [-0.25, -0.2) is 0 Å². The maximum absolute atomic E-state index is 10.2. The van der Waals surface area contributed by atoms with E-state index in [1.807, 2.05) is 0 Å². The Morgan fingerprint density at radius 1 is 1.12 bits per heavy atom. The standard InChI is InChI=1S/C14H28O2/c1-10-7-11(2)9-13(8-10)14(15)6-5-12(3)16-4/h10-15H,5-9H2,1-4H3. The van der Waals surface area contributed by atoms with Gasteiger partial charge in [-0.05, 0) is 56.8 Å². The predicted molar refractivity (Wildman–Crippen MR) is 67.4 cm³/mol. The van der Waals surface area contributed by atoms with Gasteiger partial charge >= 0.3 is 0 Å². The first-order valence-electron chi connectivity index (χ1n) is 6.73. The Labute approximate surface area is 100 Å². The molecule has 0 aromatic carbocycles. The van der Waals surface area contributed by atoms with Gasteiger partial charge in [-0.3, -0.25) is 0 Å². The van der Waals surface area contributed by atoms with Crippen molar-refractivity contribution in [1.29, 1.82) is 0 Å². The summed E-state index contributed by atoms with van der Waals surface area (Å²) < 4.78 is 5.22. The van der Waals surface area contributed by atoms with Crippen LogP contribution in [0, 0.1) is 17.8 Å². The van der Waals surface area contributed by atoms with Crippen molar-refractivity contribution in [2.75, 3.05) is 7.11 Å². The zero-order chi connectivity index (χ0) is 12.1. The van der Waals surface area contributed by atoms with Crippen LogP contribution in [-0.4, -0.2) is 24.4 Å². The second-order valence-corrected chi connectivity index (χ2v) is 5.87. The minimum absolute atomic E-state index is 0.122. The van der Waals surface area contributed by atoms with E-state index in [9.17, 15) is 5.11 Å². The fourth-order valence-corrected chi connectivity index (χ4v) is 3.08.